The van der Waals surface area contributed by atoms with E-state index in [-0.39, 0.29) is 17.9 Å². The first-order chi connectivity index (χ1) is 7.02. The molecule has 0 aliphatic rings. The van der Waals surface area contributed by atoms with Crippen molar-refractivity contribution < 1.29 is 4.92 Å². The van der Waals surface area contributed by atoms with E-state index in [1.54, 1.807) is 18.2 Å². The maximum atomic E-state index is 10.7. The number of nitrogens with one attached hydrogen (secondary N) is 1. The first-order valence-electron chi connectivity index (χ1n) is 4.12. The molecule has 0 fully saturated rings. The molecule has 1 aromatic carbocycles. The Balaban J connectivity index is 3.08. The van der Waals surface area contributed by atoms with Gasteiger partial charge in [0.1, 0.15) is 0 Å². The van der Waals surface area contributed by atoms with Gasteiger partial charge >= 0.3 is 0 Å². The second kappa shape index (κ2) is 4.61. The fraction of sp³-hybridized carbons (Fsp3) is 0.111. The van der Waals surface area contributed by atoms with Gasteiger partial charge in [0.2, 0.25) is 0 Å². The number of amidine groups is 1. The van der Waals surface area contributed by atoms with Crippen molar-refractivity contribution in [2.45, 2.75) is 6.42 Å². The van der Waals surface area contributed by atoms with E-state index >= 15 is 0 Å². The number of nitro groups is 1. The summed E-state index contributed by atoms with van der Waals surface area (Å²) in [5, 5.41) is 17.7. The Morgan fingerprint density at radius 2 is 2.13 bits per heavy atom. The number of benzene rings is 1. The van der Waals surface area contributed by atoms with Gasteiger partial charge in [0.15, 0.2) is 0 Å². The molecule has 15 heavy (non-hydrogen) atoms. The van der Waals surface area contributed by atoms with Crippen molar-refractivity contribution in [3.63, 3.8) is 0 Å². The molecule has 0 heterocycles. The topological polar surface area (TPSA) is 93.0 Å². The zero-order valence-electron chi connectivity index (χ0n) is 7.77. The first kappa shape index (κ1) is 11.3. The van der Waals surface area contributed by atoms with Crippen LogP contribution in [0.15, 0.2) is 24.3 Å². The third kappa shape index (κ3) is 2.81. The predicted octanol–water partition coefficient (Wildman–Crippen LogP) is 1.64. The molecule has 6 heteroatoms. The van der Waals surface area contributed by atoms with Crippen LogP contribution in [0, 0.1) is 15.5 Å². The van der Waals surface area contributed by atoms with Gasteiger partial charge in [0.05, 0.1) is 16.3 Å². The molecule has 0 spiro atoms. The van der Waals surface area contributed by atoms with Crippen molar-refractivity contribution in [2.75, 3.05) is 0 Å². The molecule has 0 atom stereocenters. The number of hydrogen-bond acceptors (Lipinski definition) is 4. The lowest BCUT2D eigenvalue weighted by molar-refractivity contribution is -0.385. The number of rotatable bonds is 4. The van der Waals surface area contributed by atoms with Crippen LogP contribution in [0.2, 0.25) is 0 Å². The number of nitro benzene ring substituents is 1. The summed E-state index contributed by atoms with van der Waals surface area (Å²) in [7, 11) is 0. The van der Waals surface area contributed by atoms with Crippen LogP contribution in [0.4, 0.5) is 5.69 Å². The lowest BCUT2D eigenvalue weighted by Crippen LogP contribution is -2.15. The molecule has 0 radical (unpaired) electrons. The molecule has 0 aliphatic carbocycles. The van der Waals surface area contributed by atoms with Crippen LogP contribution < -0.4 is 5.73 Å². The molecule has 0 saturated carbocycles. The molecule has 0 unspecified atom stereocenters. The summed E-state index contributed by atoms with van der Waals surface area (Å²) in [4.78, 5) is 10.5. The quantitative estimate of drug-likeness (QED) is 0.203. The predicted molar refractivity (Wildman–Crippen MR) is 61.3 cm³/mol. The Morgan fingerprint density at radius 3 is 2.67 bits per heavy atom. The Kier molecular flexibility index (Phi) is 3.46. The summed E-state index contributed by atoms with van der Waals surface area (Å²) >= 11 is 4.98. The summed E-state index contributed by atoms with van der Waals surface area (Å²) in [5.41, 5.74) is 5.49. The van der Waals surface area contributed by atoms with Crippen LogP contribution in [0.1, 0.15) is 12.0 Å². The zero-order chi connectivity index (χ0) is 11.4. The SMILES string of the molecule is N=C(N)CC(=S)c1ccccc1[N+](=O)[O-]. The van der Waals surface area contributed by atoms with E-state index in [1.807, 2.05) is 0 Å². The van der Waals surface area contributed by atoms with E-state index in [0.29, 0.717) is 10.4 Å². The van der Waals surface area contributed by atoms with Gasteiger partial charge in [0, 0.05) is 17.4 Å². The van der Waals surface area contributed by atoms with Crippen LogP contribution >= 0.6 is 12.2 Å². The number of thiocarbonyl (C=S) groups is 1. The first-order valence-corrected chi connectivity index (χ1v) is 4.52. The minimum Gasteiger partial charge on any atom is -0.387 e. The summed E-state index contributed by atoms with van der Waals surface area (Å²) in [6.45, 7) is 0. The van der Waals surface area contributed by atoms with Gasteiger partial charge in [0.25, 0.3) is 5.69 Å². The second-order valence-electron chi connectivity index (χ2n) is 2.90. The van der Waals surface area contributed by atoms with E-state index in [9.17, 15) is 10.1 Å². The fourth-order valence-electron chi connectivity index (χ4n) is 1.14. The second-order valence-corrected chi connectivity index (χ2v) is 3.39. The highest BCUT2D eigenvalue weighted by Gasteiger charge is 2.16. The minimum absolute atomic E-state index is 0.0521. The van der Waals surface area contributed by atoms with Crippen LogP contribution in [0.5, 0.6) is 0 Å². The molecule has 0 aliphatic heterocycles. The van der Waals surface area contributed by atoms with Crippen LogP contribution in [0.25, 0.3) is 0 Å². The third-order valence-corrected chi connectivity index (χ3v) is 2.12. The lowest BCUT2D eigenvalue weighted by Gasteiger charge is -2.03. The average Bonchev–Trinajstić information content (AvgIpc) is 2.16. The minimum atomic E-state index is -0.498. The van der Waals surface area contributed by atoms with Gasteiger partial charge in [-0.15, -0.1) is 0 Å². The molecule has 1 rings (SSSR count). The number of nitrogens with zero attached hydrogens (tertiary/aromatic N) is 1. The Hall–Kier alpha value is -1.82. The monoisotopic (exact) mass is 223 g/mol. The highest BCUT2D eigenvalue weighted by atomic mass is 32.1. The number of hydrogen-bond donors (Lipinski definition) is 2. The fourth-order valence-corrected chi connectivity index (χ4v) is 1.46. The van der Waals surface area contributed by atoms with Crippen molar-refractivity contribution in [3.05, 3.63) is 39.9 Å². The van der Waals surface area contributed by atoms with Crippen molar-refractivity contribution in [3.8, 4) is 0 Å². The van der Waals surface area contributed by atoms with Crippen molar-refractivity contribution in [1.82, 2.24) is 0 Å². The molecule has 5 nitrogen and oxygen atoms in total. The molecule has 78 valence electrons. The van der Waals surface area contributed by atoms with Gasteiger partial charge in [-0.25, -0.2) is 0 Å². The molecule has 0 amide bonds. The van der Waals surface area contributed by atoms with Crippen molar-refractivity contribution >= 4 is 28.6 Å². The summed E-state index contributed by atoms with van der Waals surface area (Å²) in [6.07, 6.45) is 0.0696. The van der Waals surface area contributed by atoms with Gasteiger partial charge in [-0.05, 0) is 6.07 Å². The highest BCUT2D eigenvalue weighted by Crippen LogP contribution is 2.19. The molecule has 0 aromatic heterocycles. The normalized spacial score (nSPS) is 9.60. The third-order valence-electron chi connectivity index (χ3n) is 1.75. The van der Waals surface area contributed by atoms with Gasteiger partial charge < -0.3 is 5.73 Å². The van der Waals surface area contributed by atoms with E-state index in [2.05, 4.69) is 0 Å². The molecule has 0 saturated heterocycles. The van der Waals surface area contributed by atoms with E-state index in [4.69, 9.17) is 23.4 Å². The maximum Gasteiger partial charge on any atom is 0.277 e. The maximum absolute atomic E-state index is 10.7. The largest absolute Gasteiger partial charge is 0.387 e. The molecule has 0 bridgehead atoms. The van der Waals surface area contributed by atoms with Crippen molar-refractivity contribution in [1.29, 1.82) is 5.41 Å². The molecule has 3 N–H and O–H groups in total. The Bertz CT molecular complexity index is 431. The Labute approximate surface area is 91.6 Å². The summed E-state index contributed by atoms with van der Waals surface area (Å²) < 4.78 is 0. The lowest BCUT2D eigenvalue weighted by atomic mass is 10.1. The number of para-hydroxylation sites is 1. The zero-order valence-corrected chi connectivity index (χ0v) is 8.58. The smallest absolute Gasteiger partial charge is 0.277 e. The van der Waals surface area contributed by atoms with Gasteiger partial charge in [-0.1, -0.05) is 24.4 Å². The Morgan fingerprint density at radius 1 is 1.53 bits per heavy atom. The van der Waals surface area contributed by atoms with Crippen LogP contribution in [-0.2, 0) is 0 Å². The molecule has 1 aromatic rings. The molecular formula is C9H9N3O2S. The van der Waals surface area contributed by atoms with E-state index in [0.717, 1.165) is 0 Å². The average molecular weight is 223 g/mol. The number of nitrogens with two attached hydrogens (primary N) is 1. The van der Waals surface area contributed by atoms with E-state index in [1.165, 1.54) is 6.07 Å². The van der Waals surface area contributed by atoms with Crippen LogP contribution in [-0.4, -0.2) is 15.6 Å². The van der Waals surface area contributed by atoms with E-state index < -0.39 is 4.92 Å². The van der Waals surface area contributed by atoms with Crippen LogP contribution in [0.3, 0.4) is 0 Å². The van der Waals surface area contributed by atoms with Gasteiger partial charge in [-0.3, -0.25) is 15.5 Å². The summed E-state index contributed by atoms with van der Waals surface area (Å²) in [5.74, 6) is -0.0989. The van der Waals surface area contributed by atoms with Gasteiger partial charge in [-0.2, -0.15) is 0 Å². The van der Waals surface area contributed by atoms with Crippen molar-refractivity contribution in [2.24, 2.45) is 5.73 Å². The standard InChI is InChI=1S/C9H9N3O2S/c10-9(11)5-8(15)6-3-1-2-4-7(6)12(13)14/h1-4H,5H2,(H3,10,11). The summed E-state index contributed by atoms with van der Waals surface area (Å²) in [6, 6.07) is 6.16. The highest BCUT2D eigenvalue weighted by molar-refractivity contribution is 7.81. The molecular weight excluding hydrogens is 214 g/mol.